The van der Waals surface area contributed by atoms with Crippen LogP contribution in [0.4, 0.5) is 5.69 Å². The van der Waals surface area contributed by atoms with Gasteiger partial charge in [-0.1, -0.05) is 19.9 Å². The second-order valence-electron chi connectivity index (χ2n) is 6.32. The molecule has 1 aliphatic heterocycles. The topological polar surface area (TPSA) is 24.5 Å². The Bertz CT molecular complexity index is 461. The van der Waals surface area contributed by atoms with Crippen molar-refractivity contribution in [1.29, 1.82) is 0 Å². The Morgan fingerprint density at radius 1 is 1.33 bits per heavy atom. The summed E-state index contributed by atoms with van der Waals surface area (Å²) in [6.07, 6.45) is 2.40. The molecule has 0 aliphatic carbocycles. The number of hydrogen-bond donors (Lipinski definition) is 1. The van der Waals surface area contributed by atoms with E-state index in [0.717, 1.165) is 18.8 Å². The number of hydrogen-bond acceptors (Lipinski definition) is 3. The van der Waals surface area contributed by atoms with Crippen LogP contribution in [-0.2, 0) is 0 Å². The molecule has 0 radical (unpaired) electrons. The van der Waals surface area contributed by atoms with Crippen molar-refractivity contribution in [2.45, 2.75) is 52.6 Å². The van der Waals surface area contributed by atoms with Crippen LogP contribution in [0.3, 0.4) is 0 Å². The third-order valence-corrected chi connectivity index (χ3v) is 4.87. The second kappa shape index (κ2) is 7.17. The van der Waals surface area contributed by atoms with Crippen LogP contribution < -0.4 is 15.0 Å². The van der Waals surface area contributed by atoms with E-state index in [1.807, 2.05) is 0 Å². The third-order valence-electron chi connectivity index (χ3n) is 4.87. The molecule has 1 aromatic rings. The van der Waals surface area contributed by atoms with Crippen molar-refractivity contribution in [2.24, 2.45) is 5.92 Å². The first-order chi connectivity index (χ1) is 10.1. The second-order valence-corrected chi connectivity index (χ2v) is 6.32. The van der Waals surface area contributed by atoms with Crippen molar-refractivity contribution in [1.82, 2.24) is 5.32 Å². The highest BCUT2D eigenvalue weighted by Crippen LogP contribution is 2.35. The molecular formula is C18H30N2O. The van der Waals surface area contributed by atoms with Crippen molar-refractivity contribution in [3.05, 3.63) is 23.8 Å². The van der Waals surface area contributed by atoms with E-state index in [0.29, 0.717) is 18.0 Å². The molecule has 0 amide bonds. The van der Waals surface area contributed by atoms with Crippen LogP contribution in [-0.4, -0.2) is 32.3 Å². The maximum absolute atomic E-state index is 5.57. The summed E-state index contributed by atoms with van der Waals surface area (Å²) in [6.45, 7) is 11.3. The van der Waals surface area contributed by atoms with Crippen LogP contribution in [0.2, 0.25) is 0 Å². The van der Waals surface area contributed by atoms with E-state index in [1.54, 1.807) is 7.11 Å². The van der Waals surface area contributed by atoms with E-state index in [2.05, 4.69) is 56.1 Å². The van der Waals surface area contributed by atoms with Gasteiger partial charge in [0.2, 0.25) is 0 Å². The molecule has 1 fully saturated rings. The lowest BCUT2D eigenvalue weighted by Gasteiger charge is -2.44. The minimum Gasteiger partial charge on any atom is -0.495 e. The number of nitrogens with one attached hydrogen (secondary N) is 1. The molecule has 3 unspecified atom stereocenters. The summed E-state index contributed by atoms with van der Waals surface area (Å²) in [4.78, 5) is 2.51. The highest BCUT2D eigenvalue weighted by Gasteiger charge is 2.33. The summed E-state index contributed by atoms with van der Waals surface area (Å²) in [5, 5.41) is 3.71. The van der Waals surface area contributed by atoms with Crippen molar-refractivity contribution in [3.8, 4) is 5.75 Å². The summed E-state index contributed by atoms with van der Waals surface area (Å²) in [5.74, 6) is 1.62. The smallest absolute Gasteiger partial charge is 0.142 e. The SMILES string of the molecule is CCCNC1CCN(c2cc(C)ccc2OC)C(C)C1C. The largest absolute Gasteiger partial charge is 0.495 e. The lowest BCUT2D eigenvalue weighted by Crippen LogP contribution is -2.53. The molecule has 3 heteroatoms. The molecule has 0 aromatic heterocycles. The molecule has 0 spiro atoms. The number of methoxy groups -OCH3 is 1. The van der Waals surface area contributed by atoms with E-state index >= 15 is 0 Å². The fourth-order valence-corrected chi connectivity index (χ4v) is 3.35. The van der Waals surface area contributed by atoms with E-state index in [1.165, 1.54) is 24.1 Å². The molecule has 1 aliphatic rings. The van der Waals surface area contributed by atoms with Gasteiger partial charge in [-0.05, 0) is 56.8 Å². The molecule has 2 rings (SSSR count). The molecule has 3 atom stereocenters. The third kappa shape index (κ3) is 3.52. The first kappa shape index (κ1) is 16.2. The Balaban J connectivity index is 2.17. The molecule has 1 saturated heterocycles. The quantitative estimate of drug-likeness (QED) is 0.896. The number of aryl methyl sites for hydroxylation is 1. The van der Waals surface area contributed by atoms with E-state index in [4.69, 9.17) is 4.74 Å². The average molecular weight is 290 g/mol. The van der Waals surface area contributed by atoms with Crippen molar-refractivity contribution >= 4 is 5.69 Å². The van der Waals surface area contributed by atoms with Gasteiger partial charge in [0.15, 0.2) is 0 Å². The number of rotatable bonds is 5. The summed E-state index contributed by atoms with van der Waals surface area (Å²) in [5.41, 5.74) is 2.53. The van der Waals surface area contributed by atoms with Gasteiger partial charge in [-0.2, -0.15) is 0 Å². The zero-order valence-electron chi connectivity index (χ0n) is 14.1. The highest BCUT2D eigenvalue weighted by molar-refractivity contribution is 5.61. The Morgan fingerprint density at radius 3 is 2.76 bits per heavy atom. The fourth-order valence-electron chi connectivity index (χ4n) is 3.35. The fraction of sp³-hybridized carbons (Fsp3) is 0.667. The Hall–Kier alpha value is -1.22. The standard InChI is InChI=1S/C18H30N2O/c1-6-10-19-16-9-11-20(15(4)14(16)3)17-12-13(2)7-8-18(17)21-5/h7-8,12,14-16,19H,6,9-11H2,1-5H3. The zero-order chi connectivity index (χ0) is 15.4. The Morgan fingerprint density at radius 2 is 2.10 bits per heavy atom. The van der Waals surface area contributed by atoms with E-state index < -0.39 is 0 Å². The number of piperidine rings is 1. The van der Waals surface area contributed by atoms with Gasteiger partial charge in [0.05, 0.1) is 12.8 Å². The van der Waals surface area contributed by atoms with Crippen LogP contribution >= 0.6 is 0 Å². The van der Waals surface area contributed by atoms with Gasteiger partial charge < -0.3 is 15.0 Å². The summed E-state index contributed by atoms with van der Waals surface area (Å²) in [7, 11) is 1.76. The molecular weight excluding hydrogens is 260 g/mol. The predicted octanol–water partition coefficient (Wildman–Crippen LogP) is 3.61. The van der Waals surface area contributed by atoms with Gasteiger partial charge in [-0.3, -0.25) is 0 Å². The van der Waals surface area contributed by atoms with Gasteiger partial charge in [-0.25, -0.2) is 0 Å². The Labute approximate surface area is 129 Å². The molecule has 3 nitrogen and oxygen atoms in total. The number of ether oxygens (including phenoxy) is 1. The lowest BCUT2D eigenvalue weighted by molar-refractivity contribution is 0.269. The Kier molecular flexibility index (Phi) is 5.51. The van der Waals surface area contributed by atoms with E-state index in [9.17, 15) is 0 Å². The van der Waals surface area contributed by atoms with Crippen LogP contribution in [0.25, 0.3) is 0 Å². The maximum Gasteiger partial charge on any atom is 0.142 e. The molecule has 0 saturated carbocycles. The van der Waals surface area contributed by atoms with Gasteiger partial charge in [0.1, 0.15) is 5.75 Å². The first-order valence-electron chi connectivity index (χ1n) is 8.23. The van der Waals surface area contributed by atoms with Crippen LogP contribution in [0.5, 0.6) is 5.75 Å². The summed E-state index contributed by atoms with van der Waals surface area (Å²) in [6, 6.07) is 7.60. The molecule has 1 aromatic carbocycles. The van der Waals surface area contributed by atoms with E-state index in [-0.39, 0.29) is 0 Å². The van der Waals surface area contributed by atoms with Crippen LogP contribution in [0.15, 0.2) is 18.2 Å². The lowest BCUT2D eigenvalue weighted by atomic mass is 9.86. The van der Waals surface area contributed by atoms with Gasteiger partial charge in [-0.15, -0.1) is 0 Å². The van der Waals surface area contributed by atoms with Crippen molar-refractivity contribution in [2.75, 3.05) is 25.1 Å². The maximum atomic E-state index is 5.57. The first-order valence-corrected chi connectivity index (χ1v) is 8.23. The van der Waals surface area contributed by atoms with Gasteiger partial charge in [0.25, 0.3) is 0 Å². The average Bonchev–Trinajstić information content (AvgIpc) is 2.49. The molecule has 0 bridgehead atoms. The summed E-state index contributed by atoms with van der Waals surface area (Å²) < 4.78 is 5.57. The van der Waals surface area contributed by atoms with Crippen molar-refractivity contribution in [3.63, 3.8) is 0 Å². The van der Waals surface area contributed by atoms with Gasteiger partial charge in [0, 0.05) is 18.6 Å². The van der Waals surface area contributed by atoms with Crippen LogP contribution in [0.1, 0.15) is 39.2 Å². The number of nitrogens with zero attached hydrogens (tertiary/aromatic N) is 1. The molecule has 1 heterocycles. The predicted molar refractivity (Wildman–Crippen MR) is 90.4 cm³/mol. The monoisotopic (exact) mass is 290 g/mol. The zero-order valence-corrected chi connectivity index (χ0v) is 14.1. The minimum absolute atomic E-state index is 0.517. The normalized spacial score (nSPS) is 26.0. The molecule has 21 heavy (non-hydrogen) atoms. The van der Waals surface area contributed by atoms with Gasteiger partial charge >= 0.3 is 0 Å². The van der Waals surface area contributed by atoms with Crippen molar-refractivity contribution < 1.29 is 4.74 Å². The highest BCUT2D eigenvalue weighted by atomic mass is 16.5. The summed E-state index contributed by atoms with van der Waals surface area (Å²) >= 11 is 0. The minimum atomic E-state index is 0.517. The van der Waals surface area contributed by atoms with Crippen LogP contribution in [0, 0.1) is 12.8 Å². The number of benzene rings is 1. The molecule has 118 valence electrons. The number of anilines is 1. The molecule has 1 N–H and O–H groups in total.